The lowest BCUT2D eigenvalue weighted by molar-refractivity contribution is 0.0317. The van der Waals surface area contributed by atoms with Crippen molar-refractivity contribution in [1.29, 1.82) is 0 Å². The summed E-state index contributed by atoms with van der Waals surface area (Å²) in [5, 5.41) is 8.96. The zero-order valence-corrected chi connectivity index (χ0v) is 6.13. The Morgan fingerprint density at radius 3 is 3.00 bits per heavy atom. The van der Waals surface area contributed by atoms with E-state index in [0.717, 1.165) is 0 Å². The summed E-state index contributed by atoms with van der Waals surface area (Å²) in [6, 6.07) is 0. The van der Waals surface area contributed by atoms with Gasteiger partial charge in [-0.3, -0.25) is 4.84 Å². The van der Waals surface area contributed by atoms with E-state index in [4.69, 9.17) is 16.4 Å². The largest absolute Gasteiger partial charge is 0.392 e. The van der Waals surface area contributed by atoms with Crippen LogP contribution >= 0.6 is 0 Å². The molecule has 3 nitrogen and oxygen atoms in total. The monoisotopic (exact) mass is 143 g/mol. The molecule has 58 valence electrons. The molecular formula is C7H13NO2. The molecule has 0 saturated carbocycles. The molecule has 0 bridgehead atoms. The van der Waals surface area contributed by atoms with Gasteiger partial charge in [0.25, 0.3) is 0 Å². The molecule has 0 aromatic carbocycles. The number of terminal acetylenes is 1. The first-order valence-corrected chi connectivity index (χ1v) is 3.27. The van der Waals surface area contributed by atoms with Crippen molar-refractivity contribution in [1.82, 2.24) is 5.48 Å². The molecule has 0 aromatic heterocycles. The predicted molar refractivity (Wildman–Crippen MR) is 39.1 cm³/mol. The third kappa shape index (κ3) is 5.57. The van der Waals surface area contributed by atoms with Crippen LogP contribution in [0.5, 0.6) is 0 Å². The van der Waals surface area contributed by atoms with Gasteiger partial charge >= 0.3 is 0 Å². The Balaban J connectivity index is 2.98. The lowest BCUT2D eigenvalue weighted by Crippen LogP contribution is -2.26. The number of hydrogen-bond donors (Lipinski definition) is 2. The van der Waals surface area contributed by atoms with Crippen LogP contribution in [0.2, 0.25) is 0 Å². The summed E-state index contributed by atoms with van der Waals surface area (Å²) in [4.78, 5) is 4.71. The fourth-order valence-electron chi connectivity index (χ4n) is 0.392. The maximum absolute atomic E-state index is 8.96. The SMILES string of the molecule is C#CCONC[C@@H](O)CC. The molecule has 0 saturated heterocycles. The van der Waals surface area contributed by atoms with Gasteiger partial charge in [-0.2, -0.15) is 5.48 Å². The first-order chi connectivity index (χ1) is 4.81. The molecule has 0 aliphatic rings. The highest BCUT2D eigenvalue weighted by Gasteiger charge is 1.97. The van der Waals surface area contributed by atoms with Crippen molar-refractivity contribution >= 4 is 0 Å². The number of hydrogen-bond acceptors (Lipinski definition) is 3. The summed E-state index contributed by atoms with van der Waals surface area (Å²) in [6.45, 7) is 2.56. The molecule has 1 atom stereocenters. The first-order valence-electron chi connectivity index (χ1n) is 3.27. The minimum absolute atomic E-state index is 0.233. The summed E-state index contributed by atoms with van der Waals surface area (Å²) in [5.74, 6) is 2.29. The molecule has 0 aromatic rings. The van der Waals surface area contributed by atoms with Crippen LogP contribution in [-0.4, -0.2) is 24.4 Å². The lowest BCUT2D eigenvalue weighted by atomic mass is 10.3. The fraction of sp³-hybridized carbons (Fsp3) is 0.714. The van der Waals surface area contributed by atoms with Crippen LogP contribution in [0.15, 0.2) is 0 Å². The van der Waals surface area contributed by atoms with Gasteiger partial charge < -0.3 is 5.11 Å². The Kier molecular flexibility index (Phi) is 6.19. The standard InChI is InChI=1S/C7H13NO2/c1-3-5-10-8-6-7(9)4-2/h1,7-9H,4-6H2,2H3/t7-/m0/s1. The van der Waals surface area contributed by atoms with Gasteiger partial charge in [0.2, 0.25) is 0 Å². The highest BCUT2D eigenvalue weighted by Crippen LogP contribution is 1.85. The second-order valence-electron chi connectivity index (χ2n) is 1.90. The van der Waals surface area contributed by atoms with E-state index in [1.165, 1.54) is 0 Å². The van der Waals surface area contributed by atoms with E-state index in [2.05, 4.69) is 11.4 Å². The summed E-state index contributed by atoms with van der Waals surface area (Å²) >= 11 is 0. The Morgan fingerprint density at radius 2 is 2.50 bits per heavy atom. The van der Waals surface area contributed by atoms with E-state index in [9.17, 15) is 0 Å². The molecular weight excluding hydrogens is 130 g/mol. The molecule has 0 amide bonds. The van der Waals surface area contributed by atoms with E-state index in [0.29, 0.717) is 13.0 Å². The molecule has 0 heterocycles. The Labute approximate surface area is 61.3 Å². The lowest BCUT2D eigenvalue weighted by Gasteiger charge is -2.07. The normalized spacial score (nSPS) is 12.5. The molecule has 0 aliphatic carbocycles. The van der Waals surface area contributed by atoms with Gasteiger partial charge in [0.1, 0.15) is 6.61 Å². The minimum Gasteiger partial charge on any atom is -0.392 e. The van der Waals surface area contributed by atoms with Crippen LogP contribution in [0.25, 0.3) is 0 Å². The maximum Gasteiger partial charge on any atom is 0.128 e. The predicted octanol–water partition coefficient (Wildman–Crippen LogP) is -0.0883. The summed E-state index contributed by atoms with van der Waals surface area (Å²) < 4.78 is 0. The summed E-state index contributed by atoms with van der Waals surface area (Å²) in [6.07, 6.45) is 5.27. The number of nitrogens with one attached hydrogen (secondary N) is 1. The average Bonchev–Trinajstić information content (AvgIpc) is 1.98. The van der Waals surface area contributed by atoms with Crippen LogP contribution in [0.3, 0.4) is 0 Å². The molecule has 10 heavy (non-hydrogen) atoms. The van der Waals surface area contributed by atoms with Gasteiger partial charge in [0.05, 0.1) is 6.10 Å². The van der Waals surface area contributed by atoms with Crippen LogP contribution in [-0.2, 0) is 4.84 Å². The van der Waals surface area contributed by atoms with E-state index < -0.39 is 0 Å². The summed E-state index contributed by atoms with van der Waals surface area (Å²) in [7, 11) is 0. The van der Waals surface area contributed by atoms with Crippen molar-refractivity contribution in [3.63, 3.8) is 0 Å². The van der Waals surface area contributed by atoms with Crippen LogP contribution in [0, 0.1) is 12.3 Å². The quantitative estimate of drug-likeness (QED) is 0.321. The molecule has 0 fully saturated rings. The van der Waals surface area contributed by atoms with Gasteiger partial charge in [0, 0.05) is 6.54 Å². The van der Waals surface area contributed by atoms with Crippen molar-refractivity contribution in [3.8, 4) is 12.3 Å². The average molecular weight is 143 g/mol. The van der Waals surface area contributed by atoms with Gasteiger partial charge in [-0.1, -0.05) is 12.8 Å². The molecule has 0 spiro atoms. The second-order valence-corrected chi connectivity index (χ2v) is 1.90. The minimum atomic E-state index is -0.349. The third-order valence-corrected chi connectivity index (χ3v) is 1.05. The first kappa shape index (κ1) is 9.44. The zero-order valence-electron chi connectivity index (χ0n) is 6.13. The van der Waals surface area contributed by atoms with Gasteiger partial charge in [-0.15, -0.1) is 6.42 Å². The van der Waals surface area contributed by atoms with Crippen molar-refractivity contribution in [2.24, 2.45) is 0 Å². The van der Waals surface area contributed by atoms with Crippen molar-refractivity contribution in [2.45, 2.75) is 19.4 Å². The van der Waals surface area contributed by atoms with Gasteiger partial charge in [-0.05, 0) is 6.42 Å². The fourth-order valence-corrected chi connectivity index (χ4v) is 0.392. The maximum atomic E-state index is 8.96. The molecule has 3 heteroatoms. The number of aliphatic hydroxyl groups excluding tert-OH is 1. The summed E-state index contributed by atoms with van der Waals surface area (Å²) in [5.41, 5.74) is 2.54. The molecule has 0 unspecified atom stereocenters. The van der Waals surface area contributed by atoms with Crippen LogP contribution in [0.1, 0.15) is 13.3 Å². The smallest absolute Gasteiger partial charge is 0.128 e. The van der Waals surface area contributed by atoms with Crippen LogP contribution < -0.4 is 5.48 Å². The third-order valence-electron chi connectivity index (χ3n) is 1.05. The molecule has 0 radical (unpaired) electrons. The highest BCUT2D eigenvalue weighted by atomic mass is 16.6. The van der Waals surface area contributed by atoms with E-state index in [1.807, 2.05) is 6.92 Å². The highest BCUT2D eigenvalue weighted by molar-refractivity contribution is 4.82. The van der Waals surface area contributed by atoms with E-state index in [1.54, 1.807) is 0 Å². The van der Waals surface area contributed by atoms with E-state index >= 15 is 0 Å². The van der Waals surface area contributed by atoms with Crippen molar-refractivity contribution in [2.75, 3.05) is 13.2 Å². The van der Waals surface area contributed by atoms with Crippen molar-refractivity contribution < 1.29 is 9.94 Å². The molecule has 0 rings (SSSR count). The Morgan fingerprint density at radius 1 is 1.80 bits per heavy atom. The number of rotatable bonds is 5. The number of aliphatic hydroxyl groups is 1. The van der Waals surface area contributed by atoms with Crippen LogP contribution in [0.4, 0.5) is 0 Å². The number of hydroxylamine groups is 1. The topological polar surface area (TPSA) is 41.5 Å². The molecule has 0 aliphatic heterocycles. The Bertz CT molecular complexity index is 109. The Hall–Kier alpha value is -0.560. The molecule has 2 N–H and O–H groups in total. The van der Waals surface area contributed by atoms with Crippen molar-refractivity contribution in [3.05, 3.63) is 0 Å². The van der Waals surface area contributed by atoms with E-state index in [-0.39, 0.29) is 12.7 Å². The second kappa shape index (κ2) is 6.56. The van der Waals surface area contributed by atoms with Gasteiger partial charge in [-0.25, -0.2) is 0 Å². The zero-order chi connectivity index (χ0) is 7.82. The van der Waals surface area contributed by atoms with Gasteiger partial charge in [0.15, 0.2) is 0 Å².